The van der Waals surface area contributed by atoms with E-state index >= 15 is 0 Å². The van der Waals surface area contributed by atoms with Crippen LogP contribution in [0.1, 0.15) is 11.7 Å². The van der Waals surface area contributed by atoms with Crippen molar-refractivity contribution in [2.45, 2.75) is 12.3 Å². The molecule has 6 heteroatoms. The molecule has 0 aliphatic carbocycles. The maximum atomic E-state index is 12.7. The van der Waals surface area contributed by atoms with Crippen LogP contribution in [-0.2, 0) is 0 Å². The molecule has 0 aliphatic rings. The highest BCUT2D eigenvalue weighted by atomic mass is 19.4. The average molecular weight is 237 g/mol. The van der Waals surface area contributed by atoms with Gasteiger partial charge in [0, 0.05) is 6.54 Å². The zero-order valence-electron chi connectivity index (χ0n) is 8.26. The highest BCUT2D eigenvalue weighted by Gasteiger charge is 2.26. The Morgan fingerprint density at radius 2 is 2.00 bits per heavy atom. The van der Waals surface area contributed by atoms with E-state index in [4.69, 9.17) is 0 Å². The molecule has 0 aliphatic heterocycles. The molecule has 90 valence electrons. The van der Waals surface area contributed by atoms with Crippen LogP contribution in [0.15, 0.2) is 24.3 Å². The highest BCUT2D eigenvalue weighted by molar-refractivity contribution is 5.18. The summed E-state index contributed by atoms with van der Waals surface area (Å²) < 4.78 is 48.0. The molecule has 0 fully saturated rings. The van der Waals surface area contributed by atoms with E-state index in [1.165, 1.54) is 18.2 Å². The molecule has 1 rings (SSSR count). The number of rotatable bonds is 4. The molecule has 0 bridgehead atoms. The molecule has 16 heavy (non-hydrogen) atoms. The lowest BCUT2D eigenvalue weighted by Gasteiger charge is -2.13. The second-order valence-corrected chi connectivity index (χ2v) is 3.32. The van der Waals surface area contributed by atoms with Crippen molar-refractivity contribution in [3.05, 3.63) is 35.6 Å². The Kier molecular flexibility index (Phi) is 4.26. The van der Waals surface area contributed by atoms with Crippen molar-refractivity contribution >= 4 is 0 Å². The van der Waals surface area contributed by atoms with Gasteiger partial charge in [0.25, 0.3) is 0 Å². The molecule has 0 spiro atoms. The first kappa shape index (κ1) is 12.9. The van der Waals surface area contributed by atoms with Crippen molar-refractivity contribution in [3.8, 4) is 0 Å². The Hall–Kier alpha value is -1.14. The topological polar surface area (TPSA) is 32.3 Å². The maximum Gasteiger partial charge on any atom is 0.401 e. The molecular formula is C10H11F4NO. The zero-order valence-corrected chi connectivity index (χ0v) is 8.26. The van der Waals surface area contributed by atoms with Gasteiger partial charge in [-0.1, -0.05) is 12.1 Å². The lowest BCUT2D eigenvalue weighted by atomic mass is 10.1. The Morgan fingerprint density at radius 1 is 1.31 bits per heavy atom. The number of nitrogens with one attached hydrogen (secondary N) is 1. The van der Waals surface area contributed by atoms with Gasteiger partial charge in [-0.3, -0.25) is 0 Å². The smallest absolute Gasteiger partial charge is 0.387 e. The summed E-state index contributed by atoms with van der Waals surface area (Å²) in [5.74, 6) is -0.535. The molecule has 0 heterocycles. The van der Waals surface area contributed by atoms with E-state index in [0.717, 1.165) is 6.07 Å². The van der Waals surface area contributed by atoms with Gasteiger partial charge in [0.2, 0.25) is 0 Å². The third kappa shape index (κ3) is 4.59. The molecular weight excluding hydrogens is 226 g/mol. The predicted molar refractivity (Wildman–Crippen MR) is 50.3 cm³/mol. The third-order valence-corrected chi connectivity index (χ3v) is 1.90. The van der Waals surface area contributed by atoms with E-state index in [1.807, 2.05) is 5.32 Å². The number of halogens is 4. The number of hydrogen-bond donors (Lipinski definition) is 2. The lowest BCUT2D eigenvalue weighted by molar-refractivity contribution is -0.125. The SMILES string of the molecule is OC(CNCC(F)(F)F)c1cccc(F)c1. The van der Waals surface area contributed by atoms with Gasteiger partial charge in [0.05, 0.1) is 12.6 Å². The number of aliphatic hydroxyl groups excluding tert-OH is 1. The number of aliphatic hydroxyl groups is 1. The molecule has 1 unspecified atom stereocenters. The molecule has 1 atom stereocenters. The first-order valence-electron chi connectivity index (χ1n) is 4.59. The Bertz CT molecular complexity index is 340. The van der Waals surface area contributed by atoms with Crippen molar-refractivity contribution in [2.75, 3.05) is 13.1 Å². The van der Waals surface area contributed by atoms with Crippen molar-refractivity contribution < 1.29 is 22.7 Å². The van der Waals surface area contributed by atoms with Crippen LogP contribution in [0.3, 0.4) is 0 Å². The third-order valence-electron chi connectivity index (χ3n) is 1.90. The van der Waals surface area contributed by atoms with E-state index in [0.29, 0.717) is 0 Å². The second-order valence-electron chi connectivity index (χ2n) is 3.32. The van der Waals surface area contributed by atoms with Crippen molar-refractivity contribution in [1.82, 2.24) is 5.32 Å². The van der Waals surface area contributed by atoms with E-state index < -0.39 is 24.6 Å². The normalized spacial score (nSPS) is 13.8. The lowest BCUT2D eigenvalue weighted by Crippen LogP contribution is -2.31. The summed E-state index contributed by atoms with van der Waals surface area (Å²) >= 11 is 0. The summed E-state index contributed by atoms with van der Waals surface area (Å²) in [5, 5.41) is 11.5. The van der Waals surface area contributed by atoms with Gasteiger partial charge in [-0.15, -0.1) is 0 Å². The second kappa shape index (κ2) is 5.27. The van der Waals surface area contributed by atoms with E-state index in [2.05, 4.69) is 0 Å². The fraction of sp³-hybridized carbons (Fsp3) is 0.400. The largest absolute Gasteiger partial charge is 0.401 e. The molecule has 0 radical (unpaired) electrons. The van der Waals surface area contributed by atoms with Crippen LogP contribution in [0.2, 0.25) is 0 Å². The summed E-state index contributed by atoms with van der Waals surface area (Å²) in [4.78, 5) is 0. The number of hydrogen-bond acceptors (Lipinski definition) is 2. The molecule has 0 amide bonds. The Balaban J connectivity index is 2.44. The fourth-order valence-electron chi connectivity index (χ4n) is 1.18. The highest BCUT2D eigenvalue weighted by Crippen LogP contribution is 2.15. The quantitative estimate of drug-likeness (QED) is 0.785. The van der Waals surface area contributed by atoms with Crippen LogP contribution in [0.25, 0.3) is 0 Å². The maximum absolute atomic E-state index is 12.7. The van der Waals surface area contributed by atoms with Gasteiger partial charge in [-0.25, -0.2) is 4.39 Å². The van der Waals surface area contributed by atoms with Crippen LogP contribution in [0.5, 0.6) is 0 Å². The van der Waals surface area contributed by atoms with Crippen LogP contribution in [-0.4, -0.2) is 24.4 Å². The Labute approximate surface area is 89.9 Å². The Morgan fingerprint density at radius 3 is 2.56 bits per heavy atom. The van der Waals surface area contributed by atoms with E-state index in [9.17, 15) is 22.7 Å². The van der Waals surface area contributed by atoms with Gasteiger partial charge < -0.3 is 10.4 Å². The number of alkyl halides is 3. The molecule has 0 saturated heterocycles. The van der Waals surface area contributed by atoms with Gasteiger partial charge >= 0.3 is 6.18 Å². The molecule has 2 N–H and O–H groups in total. The van der Waals surface area contributed by atoms with E-state index in [-0.39, 0.29) is 12.1 Å². The minimum atomic E-state index is -4.32. The van der Waals surface area contributed by atoms with Gasteiger partial charge in [0.15, 0.2) is 0 Å². The summed E-state index contributed by atoms with van der Waals surface area (Å²) in [7, 11) is 0. The van der Waals surface area contributed by atoms with Crippen LogP contribution in [0, 0.1) is 5.82 Å². The molecule has 1 aromatic rings. The predicted octanol–water partition coefficient (Wildman–Crippen LogP) is 2.01. The van der Waals surface area contributed by atoms with Crippen LogP contribution < -0.4 is 5.32 Å². The molecule has 1 aromatic carbocycles. The fourth-order valence-corrected chi connectivity index (χ4v) is 1.18. The minimum Gasteiger partial charge on any atom is -0.387 e. The molecule has 2 nitrogen and oxygen atoms in total. The summed E-state index contributed by atoms with van der Waals surface area (Å²) in [6, 6.07) is 5.11. The van der Waals surface area contributed by atoms with Crippen molar-refractivity contribution in [1.29, 1.82) is 0 Å². The van der Waals surface area contributed by atoms with Gasteiger partial charge in [-0.05, 0) is 17.7 Å². The summed E-state index contributed by atoms with van der Waals surface area (Å²) in [6.45, 7) is -1.46. The summed E-state index contributed by atoms with van der Waals surface area (Å²) in [6.07, 6.45) is -5.47. The van der Waals surface area contributed by atoms with Crippen LogP contribution >= 0.6 is 0 Å². The summed E-state index contributed by atoms with van der Waals surface area (Å²) in [5.41, 5.74) is 0.245. The van der Waals surface area contributed by atoms with E-state index in [1.54, 1.807) is 0 Å². The first-order chi connectivity index (χ1) is 7.38. The number of benzene rings is 1. The van der Waals surface area contributed by atoms with Gasteiger partial charge in [-0.2, -0.15) is 13.2 Å². The standard InChI is InChI=1S/C10H11F4NO/c11-8-3-1-2-7(4-8)9(16)5-15-6-10(12,13)14/h1-4,9,15-16H,5-6H2. The first-order valence-corrected chi connectivity index (χ1v) is 4.59. The molecule has 0 aromatic heterocycles. The zero-order chi connectivity index (χ0) is 12.2. The van der Waals surface area contributed by atoms with Crippen molar-refractivity contribution in [2.24, 2.45) is 0 Å². The van der Waals surface area contributed by atoms with Gasteiger partial charge in [0.1, 0.15) is 5.82 Å². The monoisotopic (exact) mass is 237 g/mol. The van der Waals surface area contributed by atoms with Crippen molar-refractivity contribution in [3.63, 3.8) is 0 Å². The molecule has 0 saturated carbocycles. The average Bonchev–Trinajstić information content (AvgIpc) is 2.15. The van der Waals surface area contributed by atoms with Crippen LogP contribution in [0.4, 0.5) is 17.6 Å². The minimum absolute atomic E-state index is 0.245.